The molecule has 0 atom stereocenters. The summed E-state index contributed by atoms with van der Waals surface area (Å²) in [5.41, 5.74) is 4.21. The van der Waals surface area contributed by atoms with E-state index in [-0.39, 0.29) is 12.2 Å². The Morgan fingerprint density at radius 3 is 2.64 bits per heavy atom. The predicted octanol–water partition coefficient (Wildman–Crippen LogP) is 3.84. The summed E-state index contributed by atoms with van der Waals surface area (Å²) in [6, 6.07) is 14.2. The van der Waals surface area contributed by atoms with Crippen molar-refractivity contribution in [2.24, 2.45) is 0 Å². The monoisotopic (exact) mass is 338 g/mol. The Hall–Kier alpha value is -2.62. The Balaban J connectivity index is 1.74. The number of Topliss-reactive ketones (excluding diaryl/α,β-unsaturated/α-hetero) is 1. The first-order chi connectivity index (χ1) is 12.1. The average molecular weight is 338 g/mol. The molecule has 0 aromatic heterocycles. The summed E-state index contributed by atoms with van der Waals surface area (Å²) in [5.74, 6) is 0.0624. The summed E-state index contributed by atoms with van der Waals surface area (Å²) in [4.78, 5) is 22.6. The van der Waals surface area contributed by atoms with Crippen LogP contribution in [0.1, 0.15) is 46.3 Å². The number of carbonyl (C=O) groups is 2. The molecule has 0 saturated carbocycles. The molecule has 2 aromatic carbocycles. The van der Waals surface area contributed by atoms with Gasteiger partial charge in [-0.1, -0.05) is 36.4 Å². The number of hydrogen-bond donors (Lipinski definition) is 1. The van der Waals surface area contributed by atoms with E-state index in [1.165, 1.54) is 5.56 Å². The van der Waals surface area contributed by atoms with Crippen molar-refractivity contribution >= 4 is 11.8 Å². The highest BCUT2D eigenvalue weighted by molar-refractivity contribution is 6.00. The van der Waals surface area contributed by atoms with Gasteiger partial charge in [0.25, 0.3) is 0 Å². The normalized spacial score (nSPS) is 12.9. The maximum absolute atomic E-state index is 12.0. The maximum Gasteiger partial charge on any atom is 0.303 e. The quantitative estimate of drug-likeness (QED) is 0.743. The first kappa shape index (κ1) is 17.2. The number of hydrogen-bond acceptors (Lipinski definition) is 3. The third-order valence-corrected chi connectivity index (χ3v) is 4.53. The minimum absolute atomic E-state index is 0.0865. The lowest BCUT2D eigenvalue weighted by Gasteiger charge is -2.14. The minimum atomic E-state index is -0.822. The smallest absolute Gasteiger partial charge is 0.303 e. The molecule has 0 fully saturated rings. The number of carboxylic acid groups (broad SMARTS) is 1. The molecule has 1 N–H and O–H groups in total. The molecule has 0 aliphatic heterocycles. The number of benzene rings is 2. The number of ketones is 1. The predicted molar refractivity (Wildman–Crippen MR) is 95.3 cm³/mol. The van der Waals surface area contributed by atoms with Crippen molar-refractivity contribution in [2.75, 3.05) is 6.61 Å². The van der Waals surface area contributed by atoms with Gasteiger partial charge >= 0.3 is 5.97 Å². The Kier molecular flexibility index (Phi) is 5.49. The molecule has 1 aliphatic carbocycles. The van der Waals surface area contributed by atoms with E-state index in [4.69, 9.17) is 9.84 Å². The first-order valence-electron chi connectivity index (χ1n) is 8.71. The molecule has 1 aliphatic rings. The second-order valence-corrected chi connectivity index (χ2v) is 6.37. The number of ether oxygens (including phenoxy) is 1. The van der Waals surface area contributed by atoms with Crippen LogP contribution in [-0.2, 0) is 24.1 Å². The molecule has 0 radical (unpaired) electrons. The van der Waals surface area contributed by atoms with E-state index in [2.05, 4.69) is 18.2 Å². The van der Waals surface area contributed by atoms with Gasteiger partial charge in [0.05, 0.1) is 6.61 Å². The Labute approximate surface area is 147 Å². The fourth-order valence-electron chi connectivity index (χ4n) is 3.18. The van der Waals surface area contributed by atoms with Crippen LogP contribution in [-0.4, -0.2) is 23.5 Å². The average Bonchev–Trinajstić information content (AvgIpc) is 2.97. The lowest BCUT2D eigenvalue weighted by Crippen LogP contribution is -2.06. The minimum Gasteiger partial charge on any atom is -0.493 e. The van der Waals surface area contributed by atoms with E-state index in [0.29, 0.717) is 19.4 Å². The summed E-state index contributed by atoms with van der Waals surface area (Å²) in [7, 11) is 0. The van der Waals surface area contributed by atoms with Gasteiger partial charge in [-0.2, -0.15) is 0 Å². The van der Waals surface area contributed by atoms with Crippen LogP contribution in [0.25, 0.3) is 0 Å². The second kappa shape index (κ2) is 7.97. The summed E-state index contributed by atoms with van der Waals surface area (Å²) < 4.78 is 5.83. The molecule has 0 heterocycles. The molecule has 25 heavy (non-hydrogen) atoms. The van der Waals surface area contributed by atoms with E-state index >= 15 is 0 Å². The zero-order valence-electron chi connectivity index (χ0n) is 14.2. The van der Waals surface area contributed by atoms with Crippen molar-refractivity contribution in [3.05, 3.63) is 64.7 Å². The molecule has 3 rings (SSSR count). The van der Waals surface area contributed by atoms with Gasteiger partial charge in [0, 0.05) is 18.4 Å². The highest BCUT2D eigenvalue weighted by atomic mass is 16.5. The highest BCUT2D eigenvalue weighted by Crippen LogP contribution is 2.31. The number of aliphatic carboxylic acids is 1. The van der Waals surface area contributed by atoms with E-state index in [0.717, 1.165) is 41.7 Å². The van der Waals surface area contributed by atoms with Gasteiger partial charge in [0.2, 0.25) is 0 Å². The standard InChI is InChI=1S/C21H22O4/c22-19-11-10-16-13-17(9-8-15-5-2-1-3-6-15)20(14-18(16)19)25-12-4-7-21(23)24/h1-3,5-6,13-14H,4,7-12H2,(H,23,24). The third kappa shape index (κ3) is 4.47. The third-order valence-electron chi connectivity index (χ3n) is 4.53. The summed E-state index contributed by atoms with van der Waals surface area (Å²) in [5, 5.41) is 8.74. The van der Waals surface area contributed by atoms with Gasteiger partial charge in [-0.15, -0.1) is 0 Å². The number of rotatable bonds is 8. The Morgan fingerprint density at radius 2 is 1.88 bits per heavy atom. The molecule has 2 aromatic rings. The fraction of sp³-hybridized carbons (Fsp3) is 0.333. The Morgan fingerprint density at radius 1 is 1.08 bits per heavy atom. The van der Waals surface area contributed by atoms with Crippen LogP contribution in [0.2, 0.25) is 0 Å². The zero-order valence-corrected chi connectivity index (χ0v) is 14.2. The molecular formula is C21H22O4. The Bertz CT molecular complexity index is 765. The van der Waals surface area contributed by atoms with Crippen molar-refractivity contribution in [1.82, 2.24) is 0 Å². The topological polar surface area (TPSA) is 63.6 Å². The first-order valence-corrected chi connectivity index (χ1v) is 8.71. The van der Waals surface area contributed by atoms with Gasteiger partial charge in [-0.3, -0.25) is 9.59 Å². The van der Waals surface area contributed by atoms with E-state index in [9.17, 15) is 9.59 Å². The van der Waals surface area contributed by atoms with E-state index < -0.39 is 5.97 Å². The van der Waals surface area contributed by atoms with Crippen molar-refractivity contribution < 1.29 is 19.4 Å². The molecule has 130 valence electrons. The number of fused-ring (bicyclic) bond motifs is 1. The molecule has 0 saturated heterocycles. The molecule has 4 heteroatoms. The van der Waals surface area contributed by atoms with Crippen molar-refractivity contribution in [2.45, 2.75) is 38.5 Å². The van der Waals surface area contributed by atoms with Crippen molar-refractivity contribution in [3.63, 3.8) is 0 Å². The SMILES string of the molecule is O=C(O)CCCOc1cc2c(cc1CCc1ccccc1)CCC2=O. The van der Waals surface area contributed by atoms with E-state index in [1.807, 2.05) is 24.3 Å². The molecule has 0 bridgehead atoms. The number of carboxylic acids is 1. The van der Waals surface area contributed by atoms with Crippen LogP contribution in [0.5, 0.6) is 5.75 Å². The molecule has 0 amide bonds. The summed E-state index contributed by atoms with van der Waals surface area (Å²) >= 11 is 0. The number of aryl methyl sites for hydroxylation is 3. The fourth-order valence-corrected chi connectivity index (χ4v) is 3.18. The molecule has 0 unspecified atom stereocenters. The van der Waals surface area contributed by atoms with E-state index in [1.54, 1.807) is 0 Å². The van der Waals surface area contributed by atoms with Gasteiger partial charge in [-0.25, -0.2) is 0 Å². The van der Waals surface area contributed by atoms with Gasteiger partial charge < -0.3 is 9.84 Å². The zero-order chi connectivity index (χ0) is 17.6. The van der Waals surface area contributed by atoms with Crippen LogP contribution in [0.4, 0.5) is 0 Å². The van der Waals surface area contributed by atoms with Gasteiger partial charge in [0.15, 0.2) is 5.78 Å². The van der Waals surface area contributed by atoms with Gasteiger partial charge in [0.1, 0.15) is 5.75 Å². The second-order valence-electron chi connectivity index (χ2n) is 6.37. The molecule has 4 nitrogen and oxygen atoms in total. The molecular weight excluding hydrogens is 316 g/mol. The number of carbonyl (C=O) groups excluding carboxylic acids is 1. The maximum atomic E-state index is 12.0. The van der Waals surface area contributed by atoms with Crippen LogP contribution in [0, 0.1) is 0 Å². The largest absolute Gasteiger partial charge is 0.493 e. The molecule has 0 spiro atoms. The summed E-state index contributed by atoms with van der Waals surface area (Å²) in [6.07, 6.45) is 3.64. The van der Waals surface area contributed by atoms with Crippen LogP contribution in [0.3, 0.4) is 0 Å². The lowest BCUT2D eigenvalue weighted by molar-refractivity contribution is -0.137. The summed E-state index contributed by atoms with van der Waals surface area (Å²) in [6.45, 7) is 0.345. The van der Waals surface area contributed by atoms with Crippen molar-refractivity contribution in [3.8, 4) is 5.75 Å². The van der Waals surface area contributed by atoms with Crippen molar-refractivity contribution in [1.29, 1.82) is 0 Å². The van der Waals surface area contributed by atoms with Crippen LogP contribution < -0.4 is 4.74 Å². The highest BCUT2D eigenvalue weighted by Gasteiger charge is 2.22. The van der Waals surface area contributed by atoms with Crippen LogP contribution in [0.15, 0.2) is 42.5 Å². The van der Waals surface area contributed by atoms with Gasteiger partial charge in [-0.05, 0) is 48.4 Å². The van der Waals surface area contributed by atoms with Crippen LogP contribution >= 0.6 is 0 Å². The lowest BCUT2D eigenvalue weighted by atomic mass is 9.99.